The molecule has 1 aromatic heterocycles. The summed E-state index contributed by atoms with van der Waals surface area (Å²) in [6, 6.07) is 20.1. The SMILES string of the molecule is Cc1ccc(-c2ccc3c(c2)CCC(N)=C3C(=O)Nc2ccccn2)cc1. The Morgan fingerprint density at radius 3 is 2.52 bits per heavy atom. The van der Waals surface area contributed by atoms with Crippen molar-refractivity contribution in [1.82, 2.24) is 4.98 Å². The highest BCUT2D eigenvalue weighted by Crippen LogP contribution is 2.33. The maximum atomic E-state index is 12.8. The van der Waals surface area contributed by atoms with Crippen LogP contribution in [0.15, 0.2) is 72.6 Å². The number of aryl methyl sites for hydroxylation is 2. The monoisotopic (exact) mass is 355 g/mol. The zero-order chi connectivity index (χ0) is 18.8. The van der Waals surface area contributed by atoms with Crippen LogP contribution in [0.1, 0.15) is 23.1 Å². The van der Waals surface area contributed by atoms with E-state index in [1.807, 2.05) is 18.2 Å². The Bertz CT molecular complexity index is 1020. The van der Waals surface area contributed by atoms with Gasteiger partial charge in [0, 0.05) is 11.9 Å². The lowest BCUT2D eigenvalue weighted by Gasteiger charge is -2.21. The van der Waals surface area contributed by atoms with Gasteiger partial charge in [0.1, 0.15) is 5.82 Å². The van der Waals surface area contributed by atoms with Crippen LogP contribution in [0, 0.1) is 6.92 Å². The number of carbonyl (C=O) groups is 1. The summed E-state index contributed by atoms with van der Waals surface area (Å²) >= 11 is 0. The Kier molecular flexibility index (Phi) is 4.47. The third-order valence-electron chi connectivity index (χ3n) is 4.88. The van der Waals surface area contributed by atoms with Crippen molar-refractivity contribution in [3.8, 4) is 11.1 Å². The first-order valence-corrected chi connectivity index (χ1v) is 9.03. The third-order valence-corrected chi connectivity index (χ3v) is 4.88. The van der Waals surface area contributed by atoms with Gasteiger partial charge in [-0.05, 0) is 54.2 Å². The molecule has 1 heterocycles. The maximum absolute atomic E-state index is 12.8. The summed E-state index contributed by atoms with van der Waals surface area (Å²) in [6.07, 6.45) is 3.16. The highest BCUT2D eigenvalue weighted by atomic mass is 16.1. The molecule has 0 spiro atoms. The van der Waals surface area contributed by atoms with Crippen LogP contribution in [0.4, 0.5) is 5.82 Å². The number of nitrogens with zero attached hydrogens (tertiary/aromatic N) is 1. The topological polar surface area (TPSA) is 68.0 Å². The average molecular weight is 355 g/mol. The predicted octanol–water partition coefficient (Wildman–Crippen LogP) is 4.31. The lowest BCUT2D eigenvalue weighted by molar-refractivity contribution is -0.111. The summed E-state index contributed by atoms with van der Waals surface area (Å²) in [5.74, 6) is 0.307. The van der Waals surface area contributed by atoms with Crippen molar-refractivity contribution in [2.75, 3.05) is 5.32 Å². The van der Waals surface area contributed by atoms with Gasteiger partial charge in [-0.25, -0.2) is 4.98 Å². The van der Waals surface area contributed by atoms with Gasteiger partial charge in [-0.3, -0.25) is 4.79 Å². The number of fused-ring (bicyclic) bond motifs is 1. The predicted molar refractivity (Wildman–Crippen MR) is 109 cm³/mol. The minimum atomic E-state index is -0.213. The van der Waals surface area contributed by atoms with Gasteiger partial charge in [0.05, 0.1) is 5.57 Å². The van der Waals surface area contributed by atoms with Crippen LogP contribution in [-0.2, 0) is 11.2 Å². The first-order valence-electron chi connectivity index (χ1n) is 9.03. The van der Waals surface area contributed by atoms with Crippen molar-refractivity contribution in [2.24, 2.45) is 5.73 Å². The van der Waals surface area contributed by atoms with Gasteiger partial charge in [0.15, 0.2) is 0 Å². The summed E-state index contributed by atoms with van der Waals surface area (Å²) in [5.41, 5.74) is 13.0. The zero-order valence-corrected chi connectivity index (χ0v) is 15.2. The van der Waals surface area contributed by atoms with Crippen LogP contribution >= 0.6 is 0 Å². The second kappa shape index (κ2) is 7.08. The van der Waals surface area contributed by atoms with Crippen molar-refractivity contribution in [3.05, 3.63) is 89.2 Å². The van der Waals surface area contributed by atoms with E-state index >= 15 is 0 Å². The Hall–Kier alpha value is -3.40. The number of pyridine rings is 1. The molecule has 0 bridgehead atoms. The summed E-state index contributed by atoms with van der Waals surface area (Å²) in [7, 11) is 0. The molecule has 27 heavy (non-hydrogen) atoms. The molecule has 0 aliphatic heterocycles. The van der Waals surface area contributed by atoms with Crippen LogP contribution in [0.25, 0.3) is 16.7 Å². The molecule has 0 fully saturated rings. The lowest BCUT2D eigenvalue weighted by atomic mass is 9.86. The number of nitrogens with two attached hydrogens (primary N) is 1. The fourth-order valence-corrected chi connectivity index (χ4v) is 3.42. The summed E-state index contributed by atoms with van der Waals surface area (Å²) in [4.78, 5) is 17.0. The number of carbonyl (C=O) groups excluding carboxylic acids is 1. The average Bonchev–Trinajstić information content (AvgIpc) is 2.69. The molecular weight excluding hydrogens is 334 g/mol. The summed E-state index contributed by atoms with van der Waals surface area (Å²) < 4.78 is 0. The van der Waals surface area contributed by atoms with Gasteiger partial charge in [-0.2, -0.15) is 0 Å². The van der Waals surface area contributed by atoms with Crippen molar-refractivity contribution in [3.63, 3.8) is 0 Å². The van der Waals surface area contributed by atoms with E-state index in [0.717, 1.165) is 23.1 Å². The van der Waals surface area contributed by atoms with E-state index in [0.29, 0.717) is 23.5 Å². The molecule has 0 unspecified atom stereocenters. The number of hydrogen-bond acceptors (Lipinski definition) is 3. The van der Waals surface area contributed by atoms with Gasteiger partial charge >= 0.3 is 0 Å². The Balaban J connectivity index is 1.67. The number of anilines is 1. The molecule has 2 aromatic carbocycles. The minimum Gasteiger partial charge on any atom is -0.401 e. The minimum absolute atomic E-state index is 0.213. The molecular formula is C23H21N3O. The summed E-state index contributed by atoms with van der Waals surface area (Å²) in [5, 5.41) is 2.85. The standard InChI is InChI=1S/C23H21N3O/c1-15-5-7-16(8-6-15)17-9-11-19-18(14-17)10-12-20(24)22(19)23(27)26-21-4-2-3-13-25-21/h2-9,11,13-14H,10,12,24H2,1H3,(H,25,26,27). The van der Waals surface area contributed by atoms with Crippen LogP contribution in [-0.4, -0.2) is 10.9 Å². The third kappa shape index (κ3) is 3.47. The molecule has 0 radical (unpaired) electrons. The lowest BCUT2D eigenvalue weighted by Crippen LogP contribution is -2.22. The molecule has 1 amide bonds. The molecule has 1 aliphatic carbocycles. The summed E-state index contributed by atoms with van der Waals surface area (Å²) in [6.45, 7) is 2.08. The van der Waals surface area contributed by atoms with E-state index in [2.05, 4.69) is 53.6 Å². The number of hydrogen-bond donors (Lipinski definition) is 2. The molecule has 1 aliphatic rings. The normalized spacial score (nSPS) is 13.2. The molecule has 3 N–H and O–H groups in total. The number of allylic oxidation sites excluding steroid dienone is 1. The largest absolute Gasteiger partial charge is 0.401 e. The highest BCUT2D eigenvalue weighted by Gasteiger charge is 2.23. The van der Waals surface area contributed by atoms with Crippen LogP contribution in [0.2, 0.25) is 0 Å². The van der Waals surface area contributed by atoms with Crippen molar-refractivity contribution < 1.29 is 4.79 Å². The van der Waals surface area contributed by atoms with E-state index in [-0.39, 0.29) is 5.91 Å². The quantitative estimate of drug-likeness (QED) is 0.735. The first kappa shape index (κ1) is 17.0. The van der Waals surface area contributed by atoms with Crippen molar-refractivity contribution in [1.29, 1.82) is 0 Å². The fourth-order valence-electron chi connectivity index (χ4n) is 3.42. The Labute approximate surface area is 158 Å². The zero-order valence-electron chi connectivity index (χ0n) is 15.2. The van der Waals surface area contributed by atoms with Crippen LogP contribution in [0.5, 0.6) is 0 Å². The number of nitrogens with one attached hydrogen (secondary N) is 1. The molecule has 4 heteroatoms. The molecule has 4 rings (SSSR count). The molecule has 4 nitrogen and oxygen atoms in total. The number of aromatic nitrogens is 1. The van der Waals surface area contributed by atoms with Crippen molar-refractivity contribution in [2.45, 2.75) is 19.8 Å². The second-order valence-corrected chi connectivity index (χ2v) is 6.81. The smallest absolute Gasteiger partial charge is 0.259 e. The van der Waals surface area contributed by atoms with Crippen molar-refractivity contribution >= 4 is 17.3 Å². The number of benzene rings is 2. The molecule has 0 saturated heterocycles. The molecule has 134 valence electrons. The van der Waals surface area contributed by atoms with E-state index in [4.69, 9.17) is 5.73 Å². The van der Waals surface area contributed by atoms with Crippen LogP contribution < -0.4 is 11.1 Å². The van der Waals surface area contributed by atoms with Gasteiger partial charge in [0.2, 0.25) is 0 Å². The molecule has 3 aromatic rings. The Morgan fingerprint density at radius 2 is 1.78 bits per heavy atom. The number of rotatable bonds is 3. The van der Waals surface area contributed by atoms with Gasteiger partial charge in [-0.1, -0.05) is 54.1 Å². The van der Waals surface area contributed by atoms with E-state index < -0.39 is 0 Å². The first-order chi connectivity index (χ1) is 13.1. The molecule has 0 atom stereocenters. The van der Waals surface area contributed by atoms with Gasteiger partial charge < -0.3 is 11.1 Å². The van der Waals surface area contributed by atoms with E-state index in [9.17, 15) is 4.79 Å². The van der Waals surface area contributed by atoms with E-state index in [1.165, 1.54) is 11.1 Å². The Morgan fingerprint density at radius 1 is 1.00 bits per heavy atom. The van der Waals surface area contributed by atoms with E-state index in [1.54, 1.807) is 12.3 Å². The van der Waals surface area contributed by atoms with Gasteiger partial charge in [0.25, 0.3) is 5.91 Å². The number of amides is 1. The maximum Gasteiger partial charge on any atom is 0.259 e. The fraction of sp³-hybridized carbons (Fsp3) is 0.130. The van der Waals surface area contributed by atoms with Gasteiger partial charge in [-0.15, -0.1) is 0 Å². The second-order valence-electron chi connectivity index (χ2n) is 6.81. The molecule has 0 saturated carbocycles. The highest BCUT2D eigenvalue weighted by molar-refractivity contribution is 6.26. The van der Waals surface area contributed by atoms with Crippen LogP contribution in [0.3, 0.4) is 0 Å².